The Morgan fingerprint density at radius 1 is 1.28 bits per heavy atom. The third-order valence-corrected chi connectivity index (χ3v) is 3.16. The number of carbonyl (C=O) groups excluding carboxylic acids is 1. The van der Waals surface area contributed by atoms with E-state index in [2.05, 4.69) is 22.9 Å². The first-order valence-electron chi connectivity index (χ1n) is 5.63. The maximum Gasteiger partial charge on any atom is 0.251 e. The van der Waals surface area contributed by atoms with Crippen molar-refractivity contribution in [2.45, 2.75) is 18.4 Å². The predicted molar refractivity (Wildman–Crippen MR) is 73.8 cm³/mol. The number of pyridine rings is 1. The molecule has 0 saturated carbocycles. The van der Waals surface area contributed by atoms with Crippen molar-refractivity contribution in [2.75, 3.05) is 0 Å². The highest BCUT2D eigenvalue weighted by molar-refractivity contribution is 7.80. The maximum atomic E-state index is 11.9. The van der Waals surface area contributed by atoms with Gasteiger partial charge in [0.25, 0.3) is 5.91 Å². The Balaban J connectivity index is 2.02. The van der Waals surface area contributed by atoms with Crippen molar-refractivity contribution in [3.63, 3.8) is 0 Å². The molecular formula is C14H14N2OS. The van der Waals surface area contributed by atoms with Gasteiger partial charge in [-0.15, -0.1) is 12.6 Å². The van der Waals surface area contributed by atoms with E-state index in [0.29, 0.717) is 12.1 Å². The average Bonchev–Trinajstić information content (AvgIpc) is 2.40. The number of carbonyl (C=O) groups is 1. The van der Waals surface area contributed by atoms with E-state index in [1.807, 2.05) is 31.2 Å². The molecule has 0 unspecified atom stereocenters. The lowest BCUT2D eigenvalue weighted by Crippen LogP contribution is -2.22. The van der Waals surface area contributed by atoms with Crippen LogP contribution in [0, 0.1) is 6.92 Å². The molecule has 1 N–H and O–H groups in total. The highest BCUT2D eigenvalue weighted by Gasteiger charge is 2.06. The van der Waals surface area contributed by atoms with Crippen LogP contribution in [-0.4, -0.2) is 10.9 Å². The number of nitrogens with zero attached hydrogens (tertiary/aromatic N) is 1. The Labute approximate surface area is 112 Å². The zero-order valence-corrected chi connectivity index (χ0v) is 10.9. The molecule has 0 radical (unpaired) electrons. The van der Waals surface area contributed by atoms with Gasteiger partial charge < -0.3 is 5.32 Å². The van der Waals surface area contributed by atoms with Crippen molar-refractivity contribution in [2.24, 2.45) is 0 Å². The molecule has 1 amide bonds. The van der Waals surface area contributed by atoms with Crippen LogP contribution in [0.5, 0.6) is 0 Å². The van der Waals surface area contributed by atoms with Crippen LogP contribution in [0.1, 0.15) is 21.5 Å². The van der Waals surface area contributed by atoms with Crippen molar-refractivity contribution in [1.29, 1.82) is 0 Å². The number of hydrogen-bond acceptors (Lipinski definition) is 3. The van der Waals surface area contributed by atoms with Crippen molar-refractivity contribution in [3.8, 4) is 0 Å². The van der Waals surface area contributed by atoms with Crippen molar-refractivity contribution < 1.29 is 4.79 Å². The van der Waals surface area contributed by atoms with Crippen LogP contribution < -0.4 is 5.32 Å². The number of thiol groups is 1. The first-order valence-corrected chi connectivity index (χ1v) is 6.08. The smallest absolute Gasteiger partial charge is 0.251 e. The van der Waals surface area contributed by atoms with Crippen LogP contribution in [0.2, 0.25) is 0 Å². The topological polar surface area (TPSA) is 42.0 Å². The average molecular weight is 258 g/mol. The lowest BCUT2D eigenvalue weighted by atomic mass is 10.1. The largest absolute Gasteiger partial charge is 0.348 e. The van der Waals surface area contributed by atoms with Gasteiger partial charge in [-0.05, 0) is 48.4 Å². The van der Waals surface area contributed by atoms with Crippen LogP contribution in [0.3, 0.4) is 0 Å². The monoisotopic (exact) mass is 258 g/mol. The zero-order valence-electron chi connectivity index (χ0n) is 10.1. The number of hydrogen-bond donors (Lipinski definition) is 2. The van der Waals surface area contributed by atoms with Gasteiger partial charge in [-0.1, -0.05) is 0 Å². The molecular weight excluding hydrogens is 244 g/mol. The summed E-state index contributed by atoms with van der Waals surface area (Å²) in [5, 5.41) is 2.87. The molecule has 3 nitrogen and oxygen atoms in total. The molecule has 4 heteroatoms. The van der Waals surface area contributed by atoms with Crippen molar-refractivity contribution >= 4 is 18.5 Å². The van der Waals surface area contributed by atoms with Crippen molar-refractivity contribution in [1.82, 2.24) is 10.3 Å². The third-order valence-electron chi connectivity index (χ3n) is 2.66. The van der Waals surface area contributed by atoms with E-state index in [-0.39, 0.29) is 5.91 Å². The minimum Gasteiger partial charge on any atom is -0.348 e. The summed E-state index contributed by atoms with van der Waals surface area (Å²) in [7, 11) is 0. The molecule has 1 heterocycles. The zero-order chi connectivity index (χ0) is 13.0. The summed E-state index contributed by atoms with van der Waals surface area (Å²) in [5.74, 6) is -0.0803. The summed E-state index contributed by atoms with van der Waals surface area (Å²) in [6.07, 6.45) is 3.42. The molecule has 0 fully saturated rings. The van der Waals surface area contributed by atoms with Gasteiger partial charge in [0, 0.05) is 29.4 Å². The van der Waals surface area contributed by atoms with Crippen LogP contribution in [0.15, 0.2) is 47.6 Å². The molecule has 0 aliphatic heterocycles. The fourth-order valence-corrected chi connectivity index (χ4v) is 1.72. The number of amides is 1. The fourth-order valence-electron chi connectivity index (χ4n) is 1.58. The Morgan fingerprint density at radius 2 is 2.00 bits per heavy atom. The Kier molecular flexibility index (Phi) is 3.99. The summed E-state index contributed by atoms with van der Waals surface area (Å²) in [6.45, 7) is 2.44. The SMILES string of the molecule is Cc1cc(C(=O)NCc2ccncc2)ccc1S. The van der Waals surface area contributed by atoms with Gasteiger partial charge in [-0.3, -0.25) is 9.78 Å². The lowest BCUT2D eigenvalue weighted by molar-refractivity contribution is 0.0950. The van der Waals surface area contributed by atoms with Crippen LogP contribution >= 0.6 is 12.6 Å². The molecule has 0 aliphatic rings. The van der Waals surface area contributed by atoms with E-state index in [1.165, 1.54) is 0 Å². The molecule has 0 bridgehead atoms. The Morgan fingerprint density at radius 3 is 2.67 bits per heavy atom. The summed E-state index contributed by atoms with van der Waals surface area (Å²) in [5.41, 5.74) is 2.68. The Hall–Kier alpha value is -1.81. The Bertz CT molecular complexity index is 555. The van der Waals surface area contributed by atoms with Crippen LogP contribution in [-0.2, 0) is 6.54 Å². The maximum absolute atomic E-state index is 11.9. The minimum absolute atomic E-state index is 0.0803. The summed E-state index contributed by atoms with van der Waals surface area (Å²) < 4.78 is 0. The summed E-state index contributed by atoms with van der Waals surface area (Å²) >= 11 is 4.28. The second-order valence-electron chi connectivity index (χ2n) is 4.04. The van der Waals surface area contributed by atoms with Gasteiger partial charge in [0.1, 0.15) is 0 Å². The molecule has 0 atom stereocenters. The summed E-state index contributed by atoms with van der Waals surface area (Å²) in [4.78, 5) is 16.8. The number of rotatable bonds is 3. The third kappa shape index (κ3) is 3.11. The first kappa shape index (κ1) is 12.6. The summed E-state index contributed by atoms with van der Waals surface area (Å²) in [6, 6.07) is 9.20. The van der Waals surface area contributed by atoms with Crippen LogP contribution in [0.25, 0.3) is 0 Å². The van der Waals surface area contributed by atoms with E-state index < -0.39 is 0 Å². The highest BCUT2D eigenvalue weighted by Crippen LogP contribution is 2.14. The number of benzene rings is 1. The predicted octanol–water partition coefficient (Wildman–Crippen LogP) is 2.61. The van der Waals surface area contributed by atoms with Gasteiger partial charge in [-0.2, -0.15) is 0 Å². The quantitative estimate of drug-likeness (QED) is 0.831. The van der Waals surface area contributed by atoms with E-state index >= 15 is 0 Å². The second-order valence-corrected chi connectivity index (χ2v) is 4.52. The van der Waals surface area contributed by atoms with E-state index in [9.17, 15) is 4.79 Å². The minimum atomic E-state index is -0.0803. The van der Waals surface area contributed by atoms with Crippen LogP contribution in [0.4, 0.5) is 0 Å². The number of aromatic nitrogens is 1. The number of nitrogens with one attached hydrogen (secondary N) is 1. The van der Waals surface area contributed by atoms with Gasteiger partial charge >= 0.3 is 0 Å². The molecule has 1 aromatic carbocycles. The molecule has 18 heavy (non-hydrogen) atoms. The number of aryl methyl sites for hydroxylation is 1. The van der Waals surface area contributed by atoms with Crippen molar-refractivity contribution in [3.05, 3.63) is 59.4 Å². The second kappa shape index (κ2) is 5.69. The van der Waals surface area contributed by atoms with E-state index in [4.69, 9.17) is 0 Å². The molecule has 92 valence electrons. The molecule has 0 aliphatic carbocycles. The highest BCUT2D eigenvalue weighted by atomic mass is 32.1. The standard InChI is InChI=1S/C14H14N2OS/c1-10-8-12(2-3-13(10)18)14(17)16-9-11-4-6-15-7-5-11/h2-8,18H,9H2,1H3,(H,16,17). The van der Waals surface area contributed by atoms with E-state index in [1.54, 1.807) is 18.5 Å². The van der Waals surface area contributed by atoms with E-state index in [0.717, 1.165) is 16.0 Å². The molecule has 1 aromatic heterocycles. The molecule has 2 aromatic rings. The normalized spacial score (nSPS) is 10.1. The van der Waals surface area contributed by atoms with Gasteiger partial charge in [0.05, 0.1) is 0 Å². The molecule has 0 spiro atoms. The first-order chi connectivity index (χ1) is 8.66. The van der Waals surface area contributed by atoms with Gasteiger partial charge in [-0.25, -0.2) is 0 Å². The molecule has 2 rings (SSSR count). The molecule has 0 saturated heterocycles. The van der Waals surface area contributed by atoms with Gasteiger partial charge in [0.2, 0.25) is 0 Å². The fraction of sp³-hybridized carbons (Fsp3) is 0.143. The lowest BCUT2D eigenvalue weighted by Gasteiger charge is -2.06. The van der Waals surface area contributed by atoms with Gasteiger partial charge in [0.15, 0.2) is 0 Å².